The summed E-state index contributed by atoms with van der Waals surface area (Å²) in [5.41, 5.74) is 6.43. The summed E-state index contributed by atoms with van der Waals surface area (Å²) in [5.74, 6) is -2.56. The SMILES string of the molecule is O=S(=O)([O-])c1c(F)cc2c(c1-c1[c-]c3c(cc1-c1c4c(cc(F)c1S(=O)(=O)[O-])-c1ccccc1C4)-c1ccccc1C3)Cc1ccccc1-2.[Li+].[Li+].[Li+]. The largest absolute Gasteiger partial charge is 1.00 e. The van der Waals surface area contributed by atoms with Gasteiger partial charge in [-0.3, -0.25) is 0 Å². The van der Waals surface area contributed by atoms with Crippen LogP contribution >= 0.6 is 0 Å². The van der Waals surface area contributed by atoms with Gasteiger partial charge in [0.1, 0.15) is 31.9 Å². The van der Waals surface area contributed by atoms with E-state index in [9.17, 15) is 25.9 Å². The number of rotatable bonds is 4. The summed E-state index contributed by atoms with van der Waals surface area (Å²) in [6.07, 6.45) is 0.624. The van der Waals surface area contributed by atoms with Gasteiger partial charge in [-0.05, 0) is 81.5 Å². The van der Waals surface area contributed by atoms with Crippen molar-refractivity contribution in [2.75, 3.05) is 0 Å². The van der Waals surface area contributed by atoms with Gasteiger partial charge < -0.3 is 9.11 Å². The predicted octanol–water partition coefficient (Wildman–Crippen LogP) is -1.37. The van der Waals surface area contributed by atoms with E-state index in [4.69, 9.17) is 0 Å². The molecule has 0 N–H and O–H groups in total. The van der Waals surface area contributed by atoms with Crippen molar-refractivity contribution in [3.63, 3.8) is 0 Å². The van der Waals surface area contributed by atoms with Gasteiger partial charge in [-0.2, -0.15) is 0 Å². The fourth-order valence-corrected chi connectivity index (χ4v) is 9.53. The van der Waals surface area contributed by atoms with E-state index in [0.29, 0.717) is 50.9 Å². The number of fused-ring (bicyclic) bond motifs is 9. The predicted molar refractivity (Wildman–Crippen MR) is 177 cm³/mol. The topological polar surface area (TPSA) is 114 Å². The Hall–Kier alpha value is -3.21. The third kappa shape index (κ3) is 5.82. The van der Waals surface area contributed by atoms with Gasteiger partial charge in [-0.15, -0.1) is 23.3 Å². The van der Waals surface area contributed by atoms with Crippen molar-refractivity contribution in [1.29, 1.82) is 0 Å². The van der Waals surface area contributed by atoms with Gasteiger partial charge in [0, 0.05) is 0 Å². The van der Waals surface area contributed by atoms with Gasteiger partial charge in [-0.1, -0.05) is 101 Å². The van der Waals surface area contributed by atoms with Gasteiger partial charge in [0.2, 0.25) is 0 Å². The summed E-state index contributed by atoms with van der Waals surface area (Å²) in [4.78, 5) is -2.22. The zero-order valence-electron chi connectivity index (χ0n) is 28.3. The molecule has 0 amide bonds. The fraction of sp³-hybridized carbons (Fsp3) is 0.0769. The Labute approximate surface area is 335 Å². The maximum absolute atomic E-state index is 16.2. The van der Waals surface area contributed by atoms with E-state index in [2.05, 4.69) is 6.07 Å². The molecule has 0 aromatic heterocycles. The van der Waals surface area contributed by atoms with E-state index >= 15 is 8.78 Å². The molecule has 0 bridgehead atoms. The molecule has 13 heteroatoms. The smallest absolute Gasteiger partial charge is 0.745 e. The van der Waals surface area contributed by atoms with Crippen LogP contribution in [0.15, 0.2) is 101 Å². The number of halogens is 2. The molecule has 0 unspecified atom stereocenters. The Bertz CT molecular complexity index is 2730. The van der Waals surface area contributed by atoms with Crippen LogP contribution in [0.1, 0.15) is 33.4 Å². The molecule has 3 aliphatic rings. The second-order valence-corrected chi connectivity index (χ2v) is 15.2. The zero-order chi connectivity index (χ0) is 34.0. The van der Waals surface area contributed by atoms with E-state index in [1.54, 1.807) is 42.5 Å². The van der Waals surface area contributed by atoms with Gasteiger partial charge in [0.15, 0.2) is 0 Å². The third-order valence-electron chi connectivity index (χ3n) is 9.89. The van der Waals surface area contributed by atoms with Crippen LogP contribution in [-0.2, 0) is 39.5 Å². The molecule has 6 aromatic carbocycles. The van der Waals surface area contributed by atoms with Crippen LogP contribution in [0.3, 0.4) is 0 Å². The fourth-order valence-electron chi connectivity index (χ4n) is 7.97. The minimum Gasteiger partial charge on any atom is -0.745 e. The average Bonchev–Trinajstić information content (AvgIpc) is 3.73. The van der Waals surface area contributed by atoms with Crippen molar-refractivity contribution in [1.82, 2.24) is 0 Å². The molecule has 0 saturated heterocycles. The minimum absolute atomic E-state index is 0. The Morgan fingerprint density at radius 2 is 0.904 bits per heavy atom. The molecule has 0 spiro atoms. The molecule has 9 rings (SSSR count). The first-order valence-electron chi connectivity index (χ1n) is 15.4. The molecule has 3 aliphatic carbocycles. The normalized spacial score (nSPS) is 13.0. The summed E-state index contributed by atoms with van der Waals surface area (Å²) in [6, 6.07) is 28.6. The van der Waals surface area contributed by atoms with E-state index in [1.807, 2.05) is 36.4 Å². The summed E-state index contributed by atoms with van der Waals surface area (Å²) in [5, 5.41) is 0. The van der Waals surface area contributed by atoms with Crippen molar-refractivity contribution in [3.8, 4) is 55.6 Å². The standard InChI is InChI=1S/C39H23F2O6S2.3Li/c40-34-18-28-25-11-5-2-8-21(25)14-30(28)36(38(34)48(42,43)44)32-16-23-13-20-7-1-4-10-24(20)27(23)17-33(32)37-31-15-22-9-3-6-12-26(22)29(31)19-35(41)39(37)49(45,46)47;;;/h1-12,17-19H,13-15H2,(H,42,43,44)(H,45,46,47);;;/q-1;3*+1/p-2. The number of hydrogen-bond donors (Lipinski definition) is 0. The van der Waals surface area contributed by atoms with Crippen LogP contribution in [0.25, 0.3) is 55.6 Å². The van der Waals surface area contributed by atoms with E-state index in [-0.39, 0.29) is 91.7 Å². The van der Waals surface area contributed by atoms with Gasteiger partial charge >= 0.3 is 56.6 Å². The van der Waals surface area contributed by atoms with E-state index < -0.39 is 41.7 Å². The molecule has 6 aromatic rings. The Balaban J connectivity index is 0.00000155. The molecule has 0 aliphatic heterocycles. The Morgan fingerprint density at radius 1 is 0.500 bits per heavy atom. The molecule has 242 valence electrons. The van der Waals surface area contributed by atoms with Crippen molar-refractivity contribution in [2.45, 2.75) is 29.1 Å². The molecular formula is C39H21F2Li3O6S2. The number of benzene rings is 6. The maximum Gasteiger partial charge on any atom is 1.00 e. The Morgan fingerprint density at radius 3 is 1.38 bits per heavy atom. The second kappa shape index (κ2) is 13.6. The summed E-state index contributed by atoms with van der Waals surface area (Å²) in [7, 11) is -11.0. The summed E-state index contributed by atoms with van der Waals surface area (Å²) >= 11 is 0. The molecule has 0 saturated carbocycles. The van der Waals surface area contributed by atoms with Gasteiger partial charge in [0.05, 0.1) is 9.79 Å². The first-order chi connectivity index (χ1) is 23.4. The first kappa shape index (κ1) is 38.5. The van der Waals surface area contributed by atoms with Crippen LogP contribution in [0.2, 0.25) is 0 Å². The third-order valence-corrected chi connectivity index (χ3v) is 11.7. The molecule has 0 atom stereocenters. The van der Waals surface area contributed by atoms with E-state index in [1.165, 1.54) is 0 Å². The van der Waals surface area contributed by atoms with Crippen molar-refractivity contribution in [3.05, 3.63) is 142 Å². The molecule has 0 heterocycles. The molecule has 6 nitrogen and oxygen atoms in total. The minimum atomic E-state index is -5.49. The zero-order valence-corrected chi connectivity index (χ0v) is 29.9. The second-order valence-electron chi connectivity index (χ2n) is 12.5. The van der Waals surface area contributed by atoms with Crippen molar-refractivity contribution < 1.29 is 91.3 Å². The molecule has 0 radical (unpaired) electrons. The summed E-state index contributed by atoms with van der Waals surface area (Å²) in [6.45, 7) is 0. The maximum atomic E-state index is 16.2. The quantitative estimate of drug-likeness (QED) is 0.127. The van der Waals surface area contributed by atoms with Crippen LogP contribution in [0.5, 0.6) is 0 Å². The van der Waals surface area contributed by atoms with Crippen LogP contribution < -0.4 is 56.6 Å². The number of hydrogen-bond acceptors (Lipinski definition) is 6. The van der Waals surface area contributed by atoms with Crippen LogP contribution in [0.4, 0.5) is 8.78 Å². The van der Waals surface area contributed by atoms with Crippen LogP contribution in [0, 0.1) is 17.7 Å². The van der Waals surface area contributed by atoms with Crippen molar-refractivity contribution in [2.24, 2.45) is 0 Å². The molecule has 0 fully saturated rings. The molecular weight excluding hydrogens is 687 g/mol. The van der Waals surface area contributed by atoms with Gasteiger partial charge in [-0.25, -0.2) is 25.6 Å². The van der Waals surface area contributed by atoms with Crippen molar-refractivity contribution >= 4 is 20.2 Å². The average molecular weight is 709 g/mol. The van der Waals surface area contributed by atoms with E-state index in [0.717, 1.165) is 34.4 Å². The molecule has 52 heavy (non-hydrogen) atoms. The van der Waals surface area contributed by atoms with Gasteiger partial charge in [0.25, 0.3) is 0 Å². The summed E-state index contributed by atoms with van der Waals surface area (Å²) < 4.78 is 110. The monoisotopic (exact) mass is 708 g/mol. The first-order valence-corrected chi connectivity index (χ1v) is 18.2. The Kier molecular flexibility index (Phi) is 10.1. The van der Waals surface area contributed by atoms with Crippen LogP contribution in [-0.4, -0.2) is 25.9 Å².